The number of rotatable bonds is 6. The van der Waals surface area contributed by atoms with Gasteiger partial charge in [0, 0.05) is 17.3 Å². The van der Waals surface area contributed by atoms with Crippen LogP contribution in [0.15, 0.2) is 36.5 Å². The SMILES string of the molecule is CCCS(=O)(=O)N(c1cnc2[nH]c(C(C)=O)cc2c1)c1ccc(Cl)cc1F. The van der Waals surface area contributed by atoms with E-state index >= 15 is 0 Å². The molecule has 0 atom stereocenters. The number of anilines is 2. The molecule has 0 spiro atoms. The summed E-state index contributed by atoms with van der Waals surface area (Å²) in [6.07, 6.45) is 1.69. The molecule has 142 valence electrons. The van der Waals surface area contributed by atoms with Gasteiger partial charge in [0.2, 0.25) is 10.0 Å². The topological polar surface area (TPSA) is 83.1 Å². The molecule has 1 N–H and O–H groups in total. The molecule has 3 aromatic rings. The van der Waals surface area contributed by atoms with Crippen molar-refractivity contribution in [2.75, 3.05) is 10.1 Å². The van der Waals surface area contributed by atoms with Crippen LogP contribution in [0.2, 0.25) is 5.02 Å². The minimum absolute atomic E-state index is 0.142. The van der Waals surface area contributed by atoms with Crippen LogP contribution in [0.3, 0.4) is 0 Å². The molecule has 0 saturated heterocycles. The van der Waals surface area contributed by atoms with E-state index in [9.17, 15) is 17.6 Å². The number of aromatic nitrogens is 2. The number of H-pyrrole nitrogens is 1. The van der Waals surface area contributed by atoms with Gasteiger partial charge in [-0.3, -0.25) is 4.79 Å². The lowest BCUT2D eigenvalue weighted by atomic mass is 10.2. The van der Waals surface area contributed by atoms with E-state index < -0.39 is 15.8 Å². The van der Waals surface area contributed by atoms with Crippen LogP contribution in [0.25, 0.3) is 11.0 Å². The minimum atomic E-state index is -3.86. The second-order valence-corrected chi connectivity index (χ2v) is 8.42. The van der Waals surface area contributed by atoms with E-state index in [1.807, 2.05) is 0 Å². The Morgan fingerprint density at radius 3 is 2.67 bits per heavy atom. The number of Topliss-reactive ketones (excluding diaryl/α,β-unsaturated/α-hetero) is 1. The molecule has 1 aromatic carbocycles. The third kappa shape index (κ3) is 3.81. The number of nitrogens with zero attached hydrogens (tertiary/aromatic N) is 2. The average Bonchev–Trinajstić information content (AvgIpc) is 3.00. The van der Waals surface area contributed by atoms with Crippen LogP contribution in [0.1, 0.15) is 30.8 Å². The van der Waals surface area contributed by atoms with Crippen LogP contribution in [0, 0.1) is 5.82 Å². The fraction of sp³-hybridized carbons (Fsp3) is 0.222. The molecular formula is C18H17ClFN3O3S. The molecular weight excluding hydrogens is 393 g/mol. The number of ketones is 1. The molecule has 9 heteroatoms. The van der Waals surface area contributed by atoms with E-state index in [0.717, 1.165) is 10.4 Å². The summed E-state index contributed by atoms with van der Waals surface area (Å²) in [7, 11) is -3.86. The van der Waals surface area contributed by atoms with Gasteiger partial charge in [-0.25, -0.2) is 22.1 Å². The Kier molecular flexibility index (Phi) is 5.21. The first-order chi connectivity index (χ1) is 12.7. The molecule has 2 aromatic heterocycles. The van der Waals surface area contributed by atoms with Crippen LogP contribution < -0.4 is 4.31 Å². The van der Waals surface area contributed by atoms with Crippen LogP contribution in [0.4, 0.5) is 15.8 Å². The number of sulfonamides is 1. The molecule has 0 aliphatic rings. The Labute approximate surface area is 161 Å². The predicted octanol–water partition coefficient (Wildman–Crippen LogP) is 4.44. The van der Waals surface area contributed by atoms with Gasteiger partial charge in [0.15, 0.2) is 5.78 Å². The summed E-state index contributed by atoms with van der Waals surface area (Å²) in [5, 5.41) is 0.707. The van der Waals surface area contributed by atoms with Gasteiger partial charge in [-0.15, -0.1) is 0 Å². The first kappa shape index (κ1) is 19.3. The second-order valence-electron chi connectivity index (χ2n) is 6.05. The summed E-state index contributed by atoms with van der Waals surface area (Å²) in [5.41, 5.74) is 0.825. The maximum Gasteiger partial charge on any atom is 0.239 e. The minimum Gasteiger partial charge on any atom is -0.337 e. The van der Waals surface area contributed by atoms with E-state index in [1.54, 1.807) is 19.1 Å². The summed E-state index contributed by atoms with van der Waals surface area (Å²) in [6, 6.07) is 6.92. The van der Waals surface area contributed by atoms with Crippen molar-refractivity contribution in [3.05, 3.63) is 53.1 Å². The zero-order valence-corrected chi connectivity index (χ0v) is 16.2. The number of hydrogen-bond donors (Lipinski definition) is 1. The van der Waals surface area contributed by atoms with Gasteiger partial charge in [0.05, 0.1) is 29.0 Å². The molecule has 0 fully saturated rings. The first-order valence-corrected chi connectivity index (χ1v) is 10.2. The number of hydrogen-bond acceptors (Lipinski definition) is 4. The lowest BCUT2D eigenvalue weighted by molar-refractivity contribution is 0.101. The summed E-state index contributed by atoms with van der Waals surface area (Å²) < 4.78 is 41.2. The number of pyridine rings is 1. The molecule has 0 radical (unpaired) electrons. The number of carbonyl (C=O) groups excluding carboxylic acids is 1. The van der Waals surface area contributed by atoms with Crippen LogP contribution in [-0.4, -0.2) is 29.9 Å². The Balaban J connectivity index is 2.21. The van der Waals surface area contributed by atoms with E-state index in [2.05, 4.69) is 9.97 Å². The molecule has 3 rings (SSSR count). The highest BCUT2D eigenvalue weighted by molar-refractivity contribution is 7.93. The van der Waals surface area contributed by atoms with Crippen molar-refractivity contribution in [1.29, 1.82) is 0 Å². The van der Waals surface area contributed by atoms with E-state index in [-0.39, 0.29) is 27.9 Å². The molecule has 0 aliphatic carbocycles. The Morgan fingerprint density at radius 2 is 2.04 bits per heavy atom. The summed E-state index contributed by atoms with van der Waals surface area (Å²) in [6.45, 7) is 3.13. The number of nitrogens with one attached hydrogen (secondary N) is 1. The maximum absolute atomic E-state index is 14.5. The van der Waals surface area contributed by atoms with Crippen LogP contribution in [-0.2, 0) is 10.0 Å². The molecule has 0 aliphatic heterocycles. The largest absolute Gasteiger partial charge is 0.337 e. The van der Waals surface area contributed by atoms with Crippen molar-refractivity contribution in [2.24, 2.45) is 0 Å². The van der Waals surface area contributed by atoms with Gasteiger partial charge in [0.25, 0.3) is 0 Å². The molecule has 0 amide bonds. The highest BCUT2D eigenvalue weighted by Gasteiger charge is 2.27. The third-order valence-corrected chi connectivity index (χ3v) is 6.06. The van der Waals surface area contributed by atoms with Gasteiger partial charge in [0.1, 0.15) is 11.5 Å². The van der Waals surface area contributed by atoms with Crippen molar-refractivity contribution in [2.45, 2.75) is 20.3 Å². The quantitative estimate of drug-likeness (QED) is 0.610. The number of fused-ring (bicyclic) bond motifs is 1. The van der Waals surface area contributed by atoms with Crippen molar-refractivity contribution >= 4 is 49.8 Å². The van der Waals surface area contributed by atoms with Crippen molar-refractivity contribution in [3.8, 4) is 0 Å². The number of halogens is 2. The Hall–Kier alpha value is -2.45. The normalized spacial score (nSPS) is 11.7. The molecule has 0 unspecified atom stereocenters. The average molecular weight is 410 g/mol. The second kappa shape index (κ2) is 7.28. The van der Waals surface area contributed by atoms with E-state index in [4.69, 9.17) is 11.6 Å². The highest BCUT2D eigenvalue weighted by atomic mass is 35.5. The lowest BCUT2D eigenvalue weighted by Gasteiger charge is -2.24. The van der Waals surface area contributed by atoms with Gasteiger partial charge >= 0.3 is 0 Å². The summed E-state index contributed by atoms with van der Waals surface area (Å²) in [5.74, 6) is -1.10. The van der Waals surface area contributed by atoms with Gasteiger partial charge in [-0.1, -0.05) is 18.5 Å². The van der Waals surface area contributed by atoms with Crippen LogP contribution >= 0.6 is 11.6 Å². The maximum atomic E-state index is 14.5. The smallest absolute Gasteiger partial charge is 0.239 e. The number of carbonyl (C=O) groups is 1. The zero-order chi connectivity index (χ0) is 19.8. The molecule has 2 heterocycles. The third-order valence-electron chi connectivity index (χ3n) is 3.94. The molecule has 27 heavy (non-hydrogen) atoms. The van der Waals surface area contributed by atoms with Crippen molar-refractivity contribution in [3.63, 3.8) is 0 Å². The van der Waals surface area contributed by atoms with Crippen molar-refractivity contribution in [1.82, 2.24) is 9.97 Å². The monoisotopic (exact) mass is 409 g/mol. The van der Waals surface area contributed by atoms with Gasteiger partial charge in [-0.05, 0) is 36.8 Å². The van der Waals surface area contributed by atoms with Gasteiger partial charge in [-0.2, -0.15) is 0 Å². The molecule has 0 bridgehead atoms. The molecule has 0 saturated carbocycles. The fourth-order valence-corrected chi connectivity index (χ4v) is 4.48. The summed E-state index contributed by atoms with van der Waals surface area (Å²) >= 11 is 5.80. The Bertz CT molecular complexity index is 1130. The van der Waals surface area contributed by atoms with E-state index in [0.29, 0.717) is 23.1 Å². The number of aromatic amines is 1. The predicted molar refractivity (Wildman–Crippen MR) is 104 cm³/mol. The van der Waals surface area contributed by atoms with Crippen LogP contribution in [0.5, 0.6) is 0 Å². The fourth-order valence-electron chi connectivity index (χ4n) is 2.75. The standard InChI is InChI=1S/C18H17ClFN3O3S/c1-3-6-27(25,26)23(17-5-4-13(19)9-15(17)20)14-7-12-8-16(11(2)24)22-18(12)21-10-14/h4-5,7-10H,3,6H2,1-2H3,(H,21,22). The Morgan fingerprint density at radius 1 is 1.30 bits per heavy atom. The molecule has 6 nitrogen and oxygen atoms in total. The van der Waals surface area contributed by atoms with Crippen molar-refractivity contribution < 1.29 is 17.6 Å². The van der Waals surface area contributed by atoms with Gasteiger partial charge < -0.3 is 4.98 Å². The zero-order valence-electron chi connectivity index (χ0n) is 14.7. The first-order valence-electron chi connectivity index (χ1n) is 8.20. The number of benzene rings is 1. The lowest BCUT2D eigenvalue weighted by Crippen LogP contribution is -2.29. The summed E-state index contributed by atoms with van der Waals surface area (Å²) in [4.78, 5) is 18.6. The highest BCUT2D eigenvalue weighted by Crippen LogP contribution is 2.34. The van der Waals surface area contributed by atoms with E-state index in [1.165, 1.54) is 25.3 Å².